The largest absolute Gasteiger partial charge is 0.356 e. The van der Waals surface area contributed by atoms with E-state index in [1.54, 1.807) is 0 Å². The van der Waals surface area contributed by atoms with Crippen LogP contribution in [0.5, 0.6) is 0 Å². The Morgan fingerprint density at radius 2 is 1.42 bits per heavy atom. The highest BCUT2D eigenvalue weighted by atomic mass is 16.2. The van der Waals surface area contributed by atoms with E-state index >= 15 is 0 Å². The Hall–Kier alpha value is -1.06. The van der Waals surface area contributed by atoms with Gasteiger partial charge in [0.15, 0.2) is 0 Å². The molecule has 0 fully saturated rings. The summed E-state index contributed by atoms with van der Waals surface area (Å²) in [5, 5.41) is 5.78. The molecule has 2 N–H and O–H groups in total. The fourth-order valence-corrected chi connectivity index (χ4v) is 1.56. The highest BCUT2D eigenvalue weighted by molar-refractivity contribution is 5.79. The van der Waals surface area contributed by atoms with E-state index in [1.807, 2.05) is 20.8 Å². The van der Waals surface area contributed by atoms with Gasteiger partial charge in [0.1, 0.15) is 0 Å². The molecule has 0 aromatic rings. The standard InChI is InChI=1S/C15H30N2O2/c1-14(2,3)10-11-16-12(18)8-7-9-13(19)17-15(4,5)6/h7-11H2,1-6H3,(H,16,18)(H,17,19). The topological polar surface area (TPSA) is 58.2 Å². The second kappa shape index (κ2) is 7.51. The molecule has 0 rings (SSSR count). The monoisotopic (exact) mass is 270 g/mol. The Morgan fingerprint density at radius 1 is 0.895 bits per heavy atom. The molecule has 0 aromatic carbocycles. The summed E-state index contributed by atoms with van der Waals surface area (Å²) >= 11 is 0. The lowest BCUT2D eigenvalue weighted by molar-refractivity contribution is -0.123. The molecule has 0 spiro atoms. The first-order chi connectivity index (χ1) is 8.49. The van der Waals surface area contributed by atoms with Crippen LogP contribution in [0.1, 0.15) is 67.2 Å². The molecule has 0 atom stereocenters. The molecular formula is C15H30N2O2. The Balaban J connectivity index is 3.67. The van der Waals surface area contributed by atoms with Crippen LogP contribution in [0.25, 0.3) is 0 Å². The minimum absolute atomic E-state index is 0.00925. The van der Waals surface area contributed by atoms with Crippen molar-refractivity contribution >= 4 is 11.8 Å². The van der Waals surface area contributed by atoms with Gasteiger partial charge in [-0.25, -0.2) is 0 Å². The van der Waals surface area contributed by atoms with Crippen LogP contribution >= 0.6 is 0 Å². The molecule has 0 bridgehead atoms. The molecule has 0 aliphatic rings. The molecule has 4 heteroatoms. The second-order valence-corrected chi connectivity index (χ2v) is 7.31. The van der Waals surface area contributed by atoms with E-state index in [2.05, 4.69) is 31.4 Å². The highest BCUT2D eigenvalue weighted by Gasteiger charge is 2.14. The van der Waals surface area contributed by atoms with Crippen LogP contribution in [0.15, 0.2) is 0 Å². The number of carbonyl (C=O) groups is 2. The fraction of sp³-hybridized carbons (Fsp3) is 0.867. The number of hydrogen-bond acceptors (Lipinski definition) is 2. The van der Waals surface area contributed by atoms with Crippen molar-refractivity contribution in [2.45, 2.75) is 72.8 Å². The van der Waals surface area contributed by atoms with Gasteiger partial charge in [0.05, 0.1) is 0 Å². The van der Waals surface area contributed by atoms with Gasteiger partial charge in [-0.3, -0.25) is 9.59 Å². The Labute approximate surface area is 117 Å². The Morgan fingerprint density at radius 3 is 1.89 bits per heavy atom. The van der Waals surface area contributed by atoms with Crippen molar-refractivity contribution in [3.05, 3.63) is 0 Å². The molecule has 0 radical (unpaired) electrons. The summed E-state index contributed by atoms with van der Waals surface area (Å²) in [6, 6.07) is 0. The number of amides is 2. The normalized spacial score (nSPS) is 12.1. The Bertz CT molecular complexity index is 298. The summed E-state index contributed by atoms with van der Waals surface area (Å²) in [6.45, 7) is 13.0. The van der Waals surface area contributed by atoms with Gasteiger partial charge in [0.25, 0.3) is 0 Å². The van der Waals surface area contributed by atoms with Gasteiger partial charge >= 0.3 is 0 Å². The van der Waals surface area contributed by atoms with Crippen LogP contribution in [0.3, 0.4) is 0 Å². The predicted octanol–water partition coefficient (Wildman–Crippen LogP) is 2.62. The fourth-order valence-electron chi connectivity index (χ4n) is 1.56. The minimum atomic E-state index is -0.202. The molecule has 0 aromatic heterocycles. The molecule has 4 nitrogen and oxygen atoms in total. The quantitative estimate of drug-likeness (QED) is 0.779. The molecule has 19 heavy (non-hydrogen) atoms. The third kappa shape index (κ3) is 13.2. The minimum Gasteiger partial charge on any atom is -0.356 e. The van der Waals surface area contributed by atoms with Crippen LogP contribution < -0.4 is 10.6 Å². The number of carbonyl (C=O) groups excluding carboxylic acids is 2. The molecule has 0 aliphatic carbocycles. The van der Waals surface area contributed by atoms with E-state index < -0.39 is 0 Å². The second-order valence-electron chi connectivity index (χ2n) is 7.31. The van der Waals surface area contributed by atoms with E-state index in [4.69, 9.17) is 0 Å². The molecule has 0 saturated heterocycles. The first-order valence-electron chi connectivity index (χ1n) is 7.07. The third-order valence-electron chi connectivity index (χ3n) is 2.52. The summed E-state index contributed by atoms with van der Waals surface area (Å²) in [5.41, 5.74) is 0.0337. The van der Waals surface area contributed by atoms with Crippen LogP contribution in [0, 0.1) is 5.41 Å². The smallest absolute Gasteiger partial charge is 0.220 e. The highest BCUT2D eigenvalue weighted by Crippen LogP contribution is 2.16. The maximum absolute atomic E-state index is 11.6. The van der Waals surface area contributed by atoms with Gasteiger partial charge in [-0.05, 0) is 39.0 Å². The molecular weight excluding hydrogens is 240 g/mol. The first-order valence-corrected chi connectivity index (χ1v) is 7.07. The van der Waals surface area contributed by atoms with Gasteiger partial charge in [-0.2, -0.15) is 0 Å². The first kappa shape index (κ1) is 17.9. The molecule has 2 amide bonds. The van der Waals surface area contributed by atoms with Crippen LogP contribution in [0.4, 0.5) is 0 Å². The molecule has 0 saturated carbocycles. The summed E-state index contributed by atoms with van der Waals surface area (Å²) in [7, 11) is 0. The van der Waals surface area contributed by atoms with Gasteiger partial charge in [-0.15, -0.1) is 0 Å². The molecule has 112 valence electrons. The lowest BCUT2D eigenvalue weighted by Gasteiger charge is -2.20. The summed E-state index contributed by atoms with van der Waals surface area (Å²) in [4.78, 5) is 23.1. The third-order valence-corrected chi connectivity index (χ3v) is 2.52. The van der Waals surface area contributed by atoms with Gasteiger partial charge < -0.3 is 10.6 Å². The van der Waals surface area contributed by atoms with Crippen molar-refractivity contribution in [1.29, 1.82) is 0 Å². The summed E-state index contributed by atoms with van der Waals surface area (Å²) in [6.07, 6.45) is 2.39. The lowest BCUT2D eigenvalue weighted by Crippen LogP contribution is -2.40. The van der Waals surface area contributed by atoms with Crippen LogP contribution in [0.2, 0.25) is 0 Å². The van der Waals surface area contributed by atoms with E-state index in [9.17, 15) is 9.59 Å². The zero-order chi connectivity index (χ0) is 15.1. The SMILES string of the molecule is CC(C)(C)CCNC(=O)CCCC(=O)NC(C)(C)C. The number of hydrogen-bond donors (Lipinski definition) is 2. The van der Waals surface area contributed by atoms with Crippen molar-refractivity contribution in [2.24, 2.45) is 5.41 Å². The zero-order valence-corrected chi connectivity index (χ0v) is 13.4. The van der Waals surface area contributed by atoms with Crippen molar-refractivity contribution in [3.63, 3.8) is 0 Å². The number of nitrogens with one attached hydrogen (secondary N) is 2. The maximum Gasteiger partial charge on any atom is 0.220 e. The average Bonchev–Trinajstić information content (AvgIpc) is 2.12. The van der Waals surface area contributed by atoms with Gasteiger partial charge in [0, 0.05) is 24.9 Å². The van der Waals surface area contributed by atoms with Crippen molar-refractivity contribution in [2.75, 3.05) is 6.54 Å². The number of rotatable bonds is 6. The van der Waals surface area contributed by atoms with Gasteiger partial charge in [0.2, 0.25) is 11.8 Å². The van der Waals surface area contributed by atoms with Crippen molar-refractivity contribution < 1.29 is 9.59 Å². The predicted molar refractivity (Wildman–Crippen MR) is 78.8 cm³/mol. The zero-order valence-electron chi connectivity index (χ0n) is 13.4. The maximum atomic E-state index is 11.6. The van der Waals surface area contributed by atoms with Crippen molar-refractivity contribution in [1.82, 2.24) is 10.6 Å². The molecule has 0 aliphatic heterocycles. The van der Waals surface area contributed by atoms with E-state index in [-0.39, 0.29) is 22.8 Å². The van der Waals surface area contributed by atoms with E-state index in [0.29, 0.717) is 25.8 Å². The molecule has 0 heterocycles. The van der Waals surface area contributed by atoms with E-state index in [0.717, 1.165) is 6.42 Å². The van der Waals surface area contributed by atoms with Crippen LogP contribution in [-0.4, -0.2) is 23.9 Å². The Kier molecular flexibility index (Phi) is 7.09. The van der Waals surface area contributed by atoms with Gasteiger partial charge in [-0.1, -0.05) is 20.8 Å². The summed E-state index contributed by atoms with van der Waals surface area (Å²) < 4.78 is 0. The summed E-state index contributed by atoms with van der Waals surface area (Å²) in [5.74, 6) is 0.0443. The van der Waals surface area contributed by atoms with Crippen LogP contribution in [-0.2, 0) is 9.59 Å². The van der Waals surface area contributed by atoms with Crippen molar-refractivity contribution in [3.8, 4) is 0 Å². The molecule has 0 unspecified atom stereocenters. The van der Waals surface area contributed by atoms with E-state index in [1.165, 1.54) is 0 Å². The average molecular weight is 270 g/mol. The lowest BCUT2D eigenvalue weighted by atomic mass is 9.92.